The molecule has 0 unspecified atom stereocenters. The second kappa shape index (κ2) is 4.84. The molecule has 0 aromatic carbocycles. The third-order valence-electron chi connectivity index (χ3n) is 1.91. The van der Waals surface area contributed by atoms with Gasteiger partial charge in [-0.25, -0.2) is 18.6 Å². The summed E-state index contributed by atoms with van der Waals surface area (Å²) < 4.78 is 29.6. The average Bonchev–Trinajstić information content (AvgIpc) is 2.26. The van der Waals surface area contributed by atoms with Gasteiger partial charge in [-0.05, 0) is 6.07 Å². The number of methoxy groups -OCH3 is 1. The summed E-state index contributed by atoms with van der Waals surface area (Å²) in [6.45, 7) is -0.177. The van der Waals surface area contributed by atoms with Gasteiger partial charge >= 0.3 is 5.97 Å². The first-order chi connectivity index (χ1) is 7.51. The van der Waals surface area contributed by atoms with Crippen molar-refractivity contribution in [3.05, 3.63) is 23.0 Å². The molecule has 0 spiro atoms. The first-order valence-corrected chi connectivity index (χ1v) is 4.30. The quantitative estimate of drug-likeness (QED) is 0.814. The Morgan fingerprint density at radius 1 is 1.69 bits per heavy atom. The lowest BCUT2D eigenvalue weighted by Crippen LogP contribution is -2.11. The summed E-state index contributed by atoms with van der Waals surface area (Å²) in [5.74, 6) is -1.45. The van der Waals surface area contributed by atoms with Crippen LogP contribution < -0.4 is 10.5 Å². The first kappa shape index (κ1) is 12.3. The lowest BCUT2D eigenvalue weighted by molar-refractivity contribution is 0.0692. The van der Waals surface area contributed by atoms with Gasteiger partial charge in [0.25, 0.3) is 6.43 Å². The smallest absolute Gasteiger partial charge is 0.339 e. The molecule has 88 valence electrons. The number of pyridine rings is 1. The molecule has 1 rings (SSSR count). The number of hydrogen-bond acceptors (Lipinski definition) is 4. The minimum atomic E-state index is -2.85. The van der Waals surface area contributed by atoms with E-state index in [0.717, 1.165) is 6.07 Å². The van der Waals surface area contributed by atoms with E-state index in [1.54, 1.807) is 0 Å². The Morgan fingerprint density at radius 3 is 2.69 bits per heavy atom. The number of nitrogens with zero attached hydrogens (tertiary/aromatic N) is 1. The molecule has 16 heavy (non-hydrogen) atoms. The maximum absolute atomic E-state index is 12.4. The third kappa shape index (κ3) is 2.25. The molecule has 1 aromatic heterocycles. The van der Waals surface area contributed by atoms with Gasteiger partial charge in [0.15, 0.2) is 5.75 Å². The Kier molecular flexibility index (Phi) is 3.73. The van der Waals surface area contributed by atoms with Crippen molar-refractivity contribution in [2.24, 2.45) is 5.73 Å². The van der Waals surface area contributed by atoms with Crippen molar-refractivity contribution in [2.45, 2.75) is 13.0 Å². The van der Waals surface area contributed by atoms with E-state index >= 15 is 0 Å². The van der Waals surface area contributed by atoms with E-state index in [1.165, 1.54) is 7.11 Å². The van der Waals surface area contributed by atoms with Crippen molar-refractivity contribution >= 4 is 5.97 Å². The molecule has 0 radical (unpaired) electrons. The third-order valence-corrected chi connectivity index (χ3v) is 1.91. The number of aromatic carboxylic acids is 1. The van der Waals surface area contributed by atoms with Crippen molar-refractivity contribution in [3.63, 3.8) is 0 Å². The fraction of sp³-hybridized carbons (Fsp3) is 0.333. The zero-order valence-electron chi connectivity index (χ0n) is 8.41. The molecule has 0 aliphatic heterocycles. The van der Waals surface area contributed by atoms with Crippen molar-refractivity contribution in [1.82, 2.24) is 4.98 Å². The number of hydrogen-bond donors (Lipinski definition) is 2. The molecule has 5 nitrogen and oxygen atoms in total. The van der Waals surface area contributed by atoms with Crippen LogP contribution in [0.2, 0.25) is 0 Å². The topological polar surface area (TPSA) is 85.4 Å². The molecule has 0 saturated heterocycles. The molecule has 0 atom stereocenters. The molecule has 0 amide bonds. The van der Waals surface area contributed by atoms with Crippen molar-refractivity contribution < 1.29 is 23.4 Å². The molecule has 1 heterocycles. The van der Waals surface area contributed by atoms with Crippen LogP contribution in [0.15, 0.2) is 6.07 Å². The molecule has 0 fully saturated rings. The summed E-state index contributed by atoms with van der Waals surface area (Å²) in [5.41, 5.74) is 4.29. The van der Waals surface area contributed by atoms with Gasteiger partial charge in [-0.1, -0.05) is 0 Å². The van der Waals surface area contributed by atoms with Crippen molar-refractivity contribution in [1.29, 1.82) is 0 Å². The lowest BCUT2D eigenvalue weighted by atomic mass is 10.1. The summed E-state index contributed by atoms with van der Waals surface area (Å²) in [6, 6.07) is 0.783. The fourth-order valence-electron chi connectivity index (χ4n) is 1.24. The van der Waals surface area contributed by atoms with E-state index in [1.807, 2.05) is 0 Å². The highest BCUT2D eigenvalue weighted by molar-refractivity contribution is 5.91. The standard InChI is InChI=1S/C9H10F2N2O3/c1-16-7-4(9(14)15)2-5(8(10)11)13-6(7)3-12/h2,8H,3,12H2,1H3,(H,14,15). The molecule has 0 aliphatic carbocycles. The second-order valence-corrected chi connectivity index (χ2v) is 2.88. The number of aromatic nitrogens is 1. The Bertz CT molecular complexity index is 410. The molecule has 7 heteroatoms. The normalized spacial score (nSPS) is 10.6. The van der Waals surface area contributed by atoms with Gasteiger partial charge in [0.1, 0.15) is 11.3 Å². The van der Waals surface area contributed by atoms with Crippen LogP contribution in [0.4, 0.5) is 8.78 Å². The zero-order chi connectivity index (χ0) is 12.3. The van der Waals surface area contributed by atoms with Crippen molar-refractivity contribution in [2.75, 3.05) is 7.11 Å². The highest BCUT2D eigenvalue weighted by atomic mass is 19.3. The van der Waals surface area contributed by atoms with Crippen molar-refractivity contribution in [3.8, 4) is 5.75 Å². The summed E-state index contributed by atoms with van der Waals surface area (Å²) in [5, 5.41) is 8.83. The summed E-state index contributed by atoms with van der Waals surface area (Å²) >= 11 is 0. The first-order valence-electron chi connectivity index (χ1n) is 4.30. The Labute approximate surface area is 89.9 Å². The zero-order valence-corrected chi connectivity index (χ0v) is 8.41. The number of ether oxygens (including phenoxy) is 1. The summed E-state index contributed by atoms with van der Waals surface area (Å²) in [7, 11) is 1.23. The minimum Gasteiger partial charge on any atom is -0.494 e. The van der Waals surface area contributed by atoms with Crippen LogP contribution in [-0.2, 0) is 6.54 Å². The number of alkyl halides is 2. The molecule has 0 bridgehead atoms. The van der Waals surface area contributed by atoms with E-state index < -0.39 is 18.1 Å². The number of carbonyl (C=O) groups is 1. The molecule has 0 saturated carbocycles. The molecule has 3 N–H and O–H groups in total. The predicted molar refractivity (Wildman–Crippen MR) is 50.6 cm³/mol. The van der Waals surface area contributed by atoms with E-state index in [4.69, 9.17) is 15.6 Å². The maximum Gasteiger partial charge on any atom is 0.339 e. The fourth-order valence-corrected chi connectivity index (χ4v) is 1.24. The van der Waals surface area contributed by atoms with Gasteiger partial charge in [-0.2, -0.15) is 0 Å². The number of rotatable bonds is 4. The highest BCUT2D eigenvalue weighted by Crippen LogP contribution is 2.27. The van der Waals surface area contributed by atoms with Crippen LogP contribution in [0.25, 0.3) is 0 Å². The van der Waals surface area contributed by atoms with E-state index in [2.05, 4.69) is 4.98 Å². The maximum atomic E-state index is 12.4. The number of carboxylic acid groups (broad SMARTS) is 1. The monoisotopic (exact) mass is 232 g/mol. The average molecular weight is 232 g/mol. The number of carboxylic acids is 1. The van der Waals surface area contributed by atoms with Crippen LogP contribution in [0.5, 0.6) is 5.75 Å². The Morgan fingerprint density at radius 2 is 2.31 bits per heavy atom. The molecular formula is C9H10F2N2O3. The number of halogens is 2. The van der Waals surface area contributed by atoms with E-state index in [-0.39, 0.29) is 23.6 Å². The Hall–Kier alpha value is -1.76. The van der Waals surface area contributed by atoms with Crippen LogP contribution >= 0.6 is 0 Å². The molecule has 0 aliphatic rings. The molecular weight excluding hydrogens is 222 g/mol. The van der Waals surface area contributed by atoms with Crippen LogP contribution in [0.3, 0.4) is 0 Å². The van der Waals surface area contributed by atoms with E-state index in [0.29, 0.717) is 0 Å². The van der Waals surface area contributed by atoms with Gasteiger partial charge in [-0.3, -0.25) is 0 Å². The number of nitrogens with two attached hydrogens (primary N) is 1. The molecule has 1 aromatic rings. The summed E-state index contributed by atoms with van der Waals surface area (Å²) in [6.07, 6.45) is -2.85. The SMILES string of the molecule is COc1c(C(=O)O)cc(C(F)F)nc1CN. The second-order valence-electron chi connectivity index (χ2n) is 2.88. The van der Waals surface area contributed by atoms with Crippen LogP contribution in [-0.4, -0.2) is 23.2 Å². The summed E-state index contributed by atoms with van der Waals surface area (Å²) in [4.78, 5) is 14.4. The van der Waals surface area contributed by atoms with Crippen LogP contribution in [0, 0.1) is 0 Å². The predicted octanol–water partition coefficient (Wildman–Crippen LogP) is 1.18. The Balaban J connectivity index is 3.43. The van der Waals surface area contributed by atoms with Gasteiger partial charge in [-0.15, -0.1) is 0 Å². The van der Waals surface area contributed by atoms with Gasteiger partial charge < -0.3 is 15.6 Å². The highest BCUT2D eigenvalue weighted by Gasteiger charge is 2.21. The largest absolute Gasteiger partial charge is 0.494 e. The van der Waals surface area contributed by atoms with Gasteiger partial charge in [0.05, 0.1) is 12.8 Å². The lowest BCUT2D eigenvalue weighted by Gasteiger charge is -2.11. The minimum absolute atomic E-state index is 0.00213. The van der Waals surface area contributed by atoms with Gasteiger partial charge in [0.2, 0.25) is 0 Å². The van der Waals surface area contributed by atoms with E-state index in [9.17, 15) is 13.6 Å². The van der Waals surface area contributed by atoms with Gasteiger partial charge in [0, 0.05) is 6.54 Å². The van der Waals surface area contributed by atoms with Crippen LogP contribution in [0.1, 0.15) is 28.2 Å².